The van der Waals surface area contributed by atoms with Gasteiger partial charge in [0.2, 0.25) is 17.7 Å². The second-order valence-electron chi connectivity index (χ2n) is 9.50. The van der Waals surface area contributed by atoms with Crippen LogP contribution in [0.25, 0.3) is 16.6 Å². The van der Waals surface area contributed by atoms with Gasteiger partial charge in [0.25, 0.3) is 0 Å². The van der Waals surface area contributed by atoms with Gasteiger partial charge in [0.15, 0.2) is 0 Å². The minimum Gasteiger partial charge on any atom is -0.493 e. The lowest BCUT2D eigenvalue weighted by Crippen LogP contribution is -2.48. The molecule has 1 amide bonds. The van der Waals surface area contributed by atoms with E-state index in [1.165, 1.54) is 0 Å². The van der Waals surface area contributed by atoms with E-state index in [1.54, 1.807) is 11.5 Å². The van der Waals surface area contributed by atoms with Gasteiger partial charge in [0, 0.05) is 57.1 Å². The Kier molecular flexibility index (Phi) is 6.26. The zero-order valence-corrected chi connectivity index (χ0v) is 21.1. The van der Waals surface area contributed by atoms with Gasteiger partial charge in [-0.15, -0.1) is 0 Å². The summed E-state index contributed by atoms with van der Waals surface area (Å²) in [4.78, 5) is 25.3. The van der Waals surface area contributed by atoms with Crippen molar-refractivity contribution in [1.29, 1.82) is 0 Å². The first-order valence-electron chi connectivity index (χ1n) is 12.3. The molecule has 1 aliphatic rings. The number of nitrogens with one attached hydrogen (secondary N) is 1. The molecule has 0 spiro atoms. The van der Waals surface area contributed by atoms with E-state index in [-0.39, 0.29) is 23.9 Å². The first kappa shape index (κ1) is 23.7. The number of carbonyl (C=O) groups excluding carboxylic acids is 1. The third kappa shape index (κ3) is 4.46. The highest BCUT2D eigenvalue weighted by molar-refractivity contribution is 5.94. The Bertz CT molecular complexity index is 1370. The van der Waals surface area contributed by atoms with Gasteiger partial charge in [-0.05, 0) is 32.9 Å². The average molecular weight is 489 g/mol. The van der Waals surface area contributed by atoms with Crippen molar-refractivity contribution in [2.75, 3.05) is 36.4 Å². The molecule has 1 fully saturated rings. The molecule has 1 unspecified atom stereocenters. The Morgan fingerprint density at radius 2 is 1.75 bits per heavy atom. The van der Waals surface area contributed by atoms with Crippen LogP contribution in [0.1, 0.15) is 45.3 Å². The zero-order chi connectivity index (χ0) is 25.4. The van der Waals surface area contributed by atoms with Gasteiger partial charge in [-0.2, -0.15) is 10.1 Å². The molecule has 1 atom stereocenters. The van der Waals surface area contributed by atoms with E-state index in [0.29, 0.717) is 43.5 Å². The van der Waals surface area contributed by atoms with E-state index in [2.05, 4.69) is 22.2 Å². The SMILES string of the molecule is CC(=O)N1CCN(c2nc(NC(C)c3cnn(-c4ccccc4)c3)c3cn(C(C)C)c(O)c3n2)CC1. The molecule has 3 aromatic heterocycles. The van der Waals surface area contributed by atoms with Gasteiger partial charge < -0.3 is 24.8 Å². The molecule has 1 aromatic carbocycles. The van der Waals surface area contributed by atoms with Crippen molar-refractivity contribution in [2.24, 2.45) is 0 Å². The van der Waals surface area contributed by atoms with Crippen LogP contribution in [0.2, 0.25) is 0 Å². The third-order valence-corrected chi connectivity index (χ3v) is 6.70. The highest BCUT2D eigenvalue weighted by atomic mass is 16.3. The van der Waals surface area contributed by atoms with Gasteiger partial charge in [0.1, 0.15) is 11.3 Å². The molecule has 0 saturated carbocycles. The molecule has 2 N–H and O–H groups in total. The Labute approximate surface area is 210 Å². The summed E-state index contributed by atoms with van der Waals surface area (Å²) in [5, 5.41) is 19.8. The van der Waals surface area contributed by atoms with Crippen molar-refractivity contribution in [2.45, 2.75) is 39.8 Å². The predicted octanol–water partition coefficient (Wildman–Crippen LogP) is 3.75. The first-order valence-corrected chi connectivity index (χ1v) is 12.3. The molecule has 188 valence electrons. The Balaban J connectivity index is 1.48. The molecule has 10 heteroatoms. The van der Waals surface area contributed by atoms with Crippen molar-refractivity contribution in [3.8, 4) is 11.6 Å². The monoisotopic (exact) mass is 488 g/mol. The predicted molar refractivity (Wildman–Crippen MR) is 140 cm³/mol. The lowest BCUT2D eigenvalue weighted by molar-refractivity contribution is -0.129. The van der Waals surface area contributed by atoms with Crippen LogP contribution in [0.15, 0.2) is 48.9 Å². The minimum absolute atomic E-state index is 0.0659. The normalized spacial score (nSPS) is 15.0. The fourth-order valence-corrected chi connectivity index (χ4v) is 4.51. The summed E-state index contributed by atoms with van der Waals surface area (Å²) in [6.07, 6.45) is 5.75. The molecule has 0 bridgehead atoms. The van der Waals surface area contributed by atoms with Crippen molar-refractivity contribution in [3.05, 3.63) is 54.5 Å². The number of aromatic hydroxyl groups is 1. The second-order valence-corrected chi connectivity index (χ2v) is 9.50. The maximum Gasteiger partial charge on any atom is 0.228 e. The Morgan fingerprint density at radius 3 is 2.42 bits per heavy atom. The highest BCUT2D eigenvalue weighted by Gasteiger charge is 2.25. The fourth-order valence-electron chi connectivity index (χ4n) is 4.51. The molecule has 1 aliphatic heterocycles. The number of nitrogens with zero attached hydrogens (tertiary/aromatic N) is 7. The number of para-hydroxylation sites is 1. The number of amides is 1. The van der Waals surface area contributed by atoms with Crippen molar-refractivity contribution >= 4 is 28.6 Å². The molecule has 10 nitrogen and oxygen atoms in total. The zero-order valence-electron chi connectivity index (χ0n) is 21.1. The van der Waals surface area contributed by atoms with Crippen LogP contribution in [0.4, 0.5) is 11.8 Å². The maximum absolute atomic E-state index is 11.8. The number of piperazine rings is 1. The van der Waals surface area contributed by atoms with Crippen molar-refractivity contribution < 1.29 is 9.90 Å². The van der Waals surface area contributed by atoms with Gasteiger partial charge in [-0.25, -0.2) is 9.67 Å². The molecular weight excluding hydrogens is 456 g/mol. The summed E-state index contributed by atoms with van der Waals surface area (Å²) < 4.78 is 3.66. The van der Waals surface area contributed by atoms with E-state index in [1.807, 2.05) is 72.4 Å². The summed E-state index contributed by atoms with van der Waals surface area (Å²) in [6.45, 7) is 10.2. The fraction of sp³-hybridized carbons (Fsp3) is 0.385. The number of fused-ring (bicyclic) bond motifs is 1. The molecule has 5 rings (SSSR count). The minimum atomic E-state index is -0.0903. The van der Waals surface area contributed by atoms with E-state index in [0.717, 1.165) is 16.6 Å². The number of aromatic nitrogens is 5. The molecule has 1 saturated heterocycles. The Morgan fingerprint density at radius 1 is 1.03 bits per heavy atom. The van der Waals surface area contributed by atoms with E-state index < -0.39 is 0 Å². The molecule has 0 radical (unpaired) electrons. The standard InChI is InChI=1S/C26H32N8O2/c1-17(2)33-16-22-23(25(33)36)29-26(32-12-10-31(11-13-32)19(4)35)30-24(22)28-18(3)20-14-27-34(15-20)21-8-6-5-7-9-21/h5-9,14-18,36H,10-13H2,1-4H3,(H,28,29,30). The van der Waals surface area contributed by atoms with E-state index >= 15 is 0 Å². The van der Waals surface area contributed by atoms with Crippen LogP contribution in [0.5, 0.6) is 5.88 Å². The summed E-state index contributed by atoms with van der Waals surface area (Å²) in [5.74, 6) is 1.39. The molecule has 4 heterocycles. The van der Waals surface area contributed by atoms with Crippen LogP contribution in [0.3, 0.4) is 0 Å². The van der Waals surface area contributed by atoms with Crippen LogP contribution >= 0.6 is 0 Å². The topological polar surface area (TPSA) is 104 Å². The average Bonchev–Trinajstić information content (AvgIpc) is 3.50. The lowest BCUT2D eigenvalue weighted by Gasteiger charge is -2.34. The van der Waals surface area contributed by atoms with Gasteiger partial charge in [-0.3, -0.25) is 4.79 Å². The smallest absolute Gasteiger partial charge is 0.228 e. The molecule has 0 aliphatic carbocycles. The lowest BCUT2D eigenvalue weighted by atomic mass is 10.2. The third-order valence-electron chi connectivity index (χ3n) is 6.70. The quantitative estimate of drug-likeness (QED) is 0.426. The second kappa shape index (κ2) is 9.52. The number of anilines is 2. The van der Waals surface area contributed by atoms with Crippen LogP contribution in [-0.2, 0) is 4.79 Å². The molecular formula is C26H32N8O2. The number of carbonyl (C=O) groups is 1. The van der Waals surface area contributed by atoms with Crippen molar-refractivity contribution in [1.82, 2.24) is 29.2 Å². The summed E-state index contributed by atoms with van der Waals surface area (Å²) >= 11 is 0. The summed E-state index contributed by atoms with van der Waals surface area (Å²) in [5.41, 5.74) is 2.51. The maximum atomic E-state index is 11.8. The van der Waals surface area contributed by atoms with E-state index in [4.69, 9.17) is 9.97 Å². The van der Waals surface area contributed by atoms with Crippen molar-refractivity contribution in [3.63, 3.8) is 0 Å². The van der Waals surface area contributed by atoms with E-state index in [9.17, 15) is 9.90 Å². The number of hydrogen-bond donors (Lipinski definition) is 2. The van der Waals surface area contributed by atoms with Crippen LogP contribution in [0, 0.1) is 0 Å². The largest absolute Gasteiger partial charge is 0.493 e. The number of hydrogen-bond acceptors (Lipinski definition) is 7. The highest BCUT2D eigenvalue weighted by Crippen LogP contribution is 2.35. The summed E-state index contributed by atoms with van der Waals surface area (Å²) in [6, 6.07) is 9.95. The van der Waals surface area contributed by atoms with Crippen LogP contribution < -0.4 is 10.2 Å². The molecule has 4 aromatic rings. The first-order chi connectivity index (χ1) is 17.3. The summed E-state index contributed by atoms with van der Waals surface area (Å²) in [7, 11) is 0. The van der Waals surface area contributed by atoms with Gasteiger partial charge in [-0.1, -0.05) is 18.2 Å². The van der Waals surface area contributed by atoms with Gasteiger partial charge in [0.05, 0.1) is 23.3 Å². The molecule has 36 heavy (non-hydrogen) atoms. The number of rotatable bonds is 6. The van der Waals surface area contributed by atoms with Gasteiger partial charge >= 0.3 is 0 Å². The Hall–Kier alpha value is -4.08. The van der Waals surface area contributed by atoms with Crippen LogP contribution in [-0.4, -0.2) is 66.4 Å². The number of benzene rings is 1.